The van der Waals surface area contributed by atoms with Crippen LogP contribution in [0.15, 0.2) is 48.5 Å². The summed E-state index contributed by atoms with van der Waals surface area (Å²) in [6.45, 7) is 4.31. The Balaban J connectivity index is 1.50. The Bertz CT molecular complexity index is 1260. The monoisotopic (exact) mass is 448 g/mol. The second-order valence-electron chi connectivity index (χ2n) is 7.33. The number of hydrogen-bond acceptors (Lipinski definition) is 6. The summed E-state index contributed by atoms with van der Waals surface area (Å²) in [5, 5.41) is 11.0. The van der Waals surface area contributed by atoms with E-state index in [0.717, 1.165) is 32.4 Å². The Morgan fingerprint density at radius 3 is 2.69 bits per heavy atom. The van der Waals surface area contributed by atoms with E-state index >= 15 is 0 Å². The summed E-state index contributed by atoms with van der Waals surface area (Å²) in [6, 6.07) is 15.5. The fourth-order valence-corrected chi connectivity index (χ4v) is 4.42. The number of ether oxygens (including phenoxy) is 2. The first-order valence-corrected chi connectivity index (χ1v) is 10.9. The normalized spacial score (nSPS) is 10.8. The number of thiazole rings is 1. The number of nitrogens with one attached hydrogen (secondary N) is 2. The van der Waals surface area contributed by atoms with E-state index in [2.05, 4.69) is 34.6 Å². The SMILES string of the molecule is COc1ccc(OC)c(CNC(=O)c2cc(-c3sc(-c4cccc(C)c4)nc3C)[nH]n2)c1. The zero-order valence-electron chi connectivity index (χ0n) is 18.4. The van der Waals surface area contributed by atoms with Crippen LogP contribution < -0.4 is 14.8 Å². The van der Waals surface area contributed by atoms with Crippen molar-refractivity contribution in [1.82, 2.24) is 20.5 Å². The number of aromatic amines is 1. The lowest BCUT2D eigenvalue weighted by atomic mass is 10.1. The lowest BCUT2D eigenvalue weighted by Crippen LogP contribution is -2.23. The fourth-order valence-electron chi connectivity index (χ4n) is 3.39. The Labute approximate surface area is 190 Å². The minimum Gasteiger partial charge on any atom is -0.497 e. The molecule has 164 valence electrons. The van der Waals surface area contributed by atoms with E-state index in [9.17, 15) is 4.79 Å². The summed E-state index contributed by atoms with van der Waals surface area (Å²) in [7, 11) is 3.19. The molecule has 8 heteroatoms. The topological polar surface area (TPSA) is 89.1 Å². The fraction of sp³-hybridized carbons (Fsp3) is 0.208. The molecule has 4 rings (SSSR count). The van der Waals surface area contributed by atoms with E-state index < -0.39 is 0 Å². The lowest BCUT2D eigenvalue weighted by Gasteiger charge is -2.10. The highest BCUT2D eigenvalue weighted by Gasteiger charge is 2.17. The predicted octanol–water partition coefficient (Wildman–Crippen LogP) is 4.76. The number of amides is 1. The van der Waals surface area contributed by atoms with Gasteiger partial charge in [-0.05, 0) is 44.2 Å². The number of H-pyrrole nitrogens is 1. The van der Waals surface area contributed by atoms with Gasteiger partial charge in [0.25, 0.3) is 5.91 Å². The van der Waals surface area contributed by atoms with Gasteiger partial charge >= 0.3 is 0 Å². The van der Waals surface area contributed by atoms with E-state index in [1.807, 2.05) is 37.3 Å². The van der Waals surface area contributed by atoms with Crippen LogP contribution in [-0.4, -0.2) is 35.3 Å². The molecule has 4 aromatic rings. The maximum absolute atomic E-state index is 12.7. The number of rotatable bonds is 7. The standard InChI is InChI=1S/C24H24N4O3S/c1-14-6-5-7-16(10-14)24-26-15(2)22(32-24)19-12-20(28-27-19)23(29)25-13-17-11-18(30-3)8-9-21(17)31-4/h5-12H,13H2,1-4H3,(H,25,29)(H,27,28). The number of hydrogen-bond donors (Lipinski definition) is 2. The summed E-state index contributed by atoms with van der Waals surface area (Å²) in [5.74, 6) is 1.10. The molecule has 0 atom stereocenters. The number of benzene rings is 2. The van der Waals surface area contributed by atoms with Crippen LogP contribution in [0, 0.1) is 13.8 Å². The third-order valence-corrected chi connectivity index (χ3v) is 6.28. The van der Waals surface area contributed by atoms with Crippen molar-refractivity contribution in [3.05, 3.63) is 71.0 Å². The first-order valence-electron chi connectivity index (χ1n) is 10.1. The highest BCUT2D eigenvalue weighted by Crippen LogP contribution is 2.34. The molecule has 1 amide bonds. The van der Waals surface area contributed by atoms with Gasteiger partial charge in [0.2, 0.25) is 0 Å². The van der Waals surface area contributed by atoms with Crippen molar-refractivity contribution >= 4 is 17.2 Å². The van der Waals surface area contributed by atoms with Gasteiger partial charge in [-0.1, -0.05) is 23.8 Å². The van der Waals surface area contributed by atoms with E-state index in [0.29, 0.717) is 23.7 Å². The summed E-state index contributed by atoms with van der Waals surface area (Å²) >= 11 is 1.57. The highest BCUT2D eigenvalue weighted by atomic mass is 32.1. The van der Waals surface area contributed by atoms with Gasteiger partial charge in [0.1, 0.15) is 16.5 Å². The van der Waals surface area contributed by atoms with E-state index in [1.165, 1.54) is 5.56 Å². The molecule has 0 aliphatic rings. The zero-order valence-corrected chi connectivity index (χ0v) is 19.2. The molecule has 0 fully saturated rings. The van der Waals surface area contributed by atoms with Crippen LogP contribution >= 0.6 is 11.3 Å². The first kappa shape index (κ1) is 21.6. The third kappa shape index (κ3) is 4.50. The largest absolute Gasteiger partial charge is 0.497 e. The smallest absolute Gasteiger partial charge is 0.272 e. The molecular formula is C24H24N4O3S. The van der Waals surface area contributed by atoms with Gasteiger partial charge in [-0.2, -0.15) is 5.10 Å². The predicted molar refractivity (Wildman–Crippen MR) is 125 cm³/mol. The van der Waals surface area contributed by atoms with Crippen molar-refractivity contribution in [2.75, 3.05) is 14.2 Å². The van der Waals surface area contributed by atoms with Gasteiger partial charge in [0, 0.05) is 17.7 Å². The van der Waals surface area contributed by atoms with Crippen LogP contribution in [0.1, 0.15) is 27.3 Å². The molecule has 0 unspecified atom stereocenters. The van der Waals surface area contributed by atoms with Crippen LogP contribution in [0.25, 0.3) is 21.1 Å². The van der Waals surface area contributed by atoms with Gasteiger partial charge in [-0.25, -0.2) is 4.98 Å². The van der Waals surface area contributed by atoms with Crippen LogP contribution in [-0.2, 0) is 6.54 Å². The van der Waals surface area contributed by atoms with Crippen molar-refractivity contribution in [1.29, 1.82) is 0 Å². The van der Waals surface area contributed by atoms with Crippen LogP contribution in [0.3, 0.4) is 0 Å². The van der Waals surface area contributed by atoms with Crippen molar-refractivity contribution in [3.63, 3.8) is 0 Å². The van der Waals surface area contributed by atoms with Crippen LogP contribution in [0.2, 0.25) is 0 Å². The molecule has 2 aromatic carbocycles. The van der Waals surface area contributed by atoms with Gasteiger partial charge in [-0.15, -0.1) is 11.3 Å². The zero-order chi connectivity index (χ0) is 22.7. The Kier molecular flexibility index (Phi) is 6.23. The molecule has 2 heterocycles. The molecule has 2 N–H and O–H groups in total. The molecule has 0 aliphatic carbocycles. The second-order valence-corrected chi connectivity index (χ2v) is 8.33. The molecule has 0 aliphatic heterocycles. The lowest BCUT2D eigenvalue weighted by molar-refractivity contribution is 0.0945. The average molecular weight is 449 g/mol. The van der Waals surface area contributed by atoms with Crippen LogP contribution in [0.5, 0.6) is 11.5 Å². The summed E-state index contributed by atoms with van der Waals surface area (Å²) in [6.07, 6.45) is 0. The Hall–Kier alpha value is -3.65. The Morgan fingerprint density at radius 1 is 1.09 bits per heavy atom. The maximum Gasteiger partial charge on any atom is 0.272 e. The number of aromatic nitrogens is 3. The minimum absolute atomic E-state index is 0.279. The Morgan fingerprint density at radius 2 is 1.94 bits per heavy atom. The molecule has 0 bridgehead atoms. The molecule has 0 saturated carbocycles. The average Bonchev–Trinajstić information content (AvgIpc) is 3.44. The molecule has 2 aromatic heterocycles. The van der Waals surface area contributed by atoms with E-state index in [-0.39, 0.29) is 5.91 Å². The van der Waals surface area contributed by atoms with Gasteiger partial charge in [0.15, 0.2) is 5.69 Å². The molecule has 32 heavy (non-hydrogen) atoms. The van der Waals surface area contributed by atoms with Crippen molar-refractivity contribution in [3.8, 4) is 32.6 Å². The molecule has 0 spiro atoms. The minimum atomic E-state index is -0.279. The number of nitrogens with zero attached hydrogens (tertiary/aromatic N) is 2. The molecular weight excluding hydrogens is 424 g/mol. The van der Waals surface area contributed by atoms with E-state index in [1.54, 1.807) is 31.6 Å². The van der Waals surface area contributed by atoms with Gasteiger partial charge in [0.05, 0.1) is 30.5 Å². The summed E-state index contributed by atoms with van der Waals surface area (Å²) in [5.41, 5.74) is 5.05. The number of carbonyl (C=O) groups is 1. The van der Waals surface area contributed by atoms with Crippen molar-refractivity contribution in [2.24, 2.45) is 0 Å². The number of aryl methyl sites for hydroxylation is 2. The van der Waals surface area contributed by atoms with Gasteiger partial charge in [-0.3, -0.25) is 9.89 Å². The quantitative estimate of drug-likeness (QED) is 0.425. The molecule has 0 saturated heterocycles. The first-order chi connectivity index (χ1) is 15.5. The molecule has 7 nitrogen and oxygen atoms in total. The van der Waals surface area contributed by atoms with E-state index in [4.69, 9.17) is 14.5 Å². The number of methoxy groups -OCH3 is 2. The summed E-state index contributed by atoms with van der Waals surface area (Å²) in [4.78, 5) is 18.4. The second kappa shape index (κ2) is 9.23. The highest BCUT2D eigenvalue weighted by molar-refractivity contribution is 7.18. The van der Waals surface area contributed by atoms with Crippen molar-refractivity contribution < 1.29 is 14.3 Å². The van der Waals surface area contributed by atoms with Gasteiger partial charge < -0.3 is 14.8 Å². The van der Waals surface area contributed by atoms with Crippen LogP contribution in [0.4, 0.5) is 0 Å². The number of carbonyl (C=O) groups excluding carboxylic acids is 1. The third-order valence-electron chi connectivity index (χ3n) is 5.04. The summed E-state index contributed by atoms with van der Waals surface area (Å²) < 4.78 is 10.6. The maximum atomic E-state index is 12.7. The van der Waals surface area contributed by atoms with Crippen molar-refractivity contribution in [2.45, 2.75) is 20.4 Å². The molecule has 0 radical (unpaired) electrons.